The molecule has 0 saturated carbocycles. The van der Waals surface area contributed by atoms with Gasteiger partial charge in [0.2, 0.25) is 10.0 Å². The van der Waals surface area contributed by atoms with Crippen molar-refractivity contribution in [1.82, 2.24) is 4.31 Å². The molecule has 5 nitrogen and oxygen atoms in total. The normalized spacial score (nSPS) is 24.0. The van der Waals surface area contributed by atoms with E-state index in [1.165, 1.54) is 0 Å². The lowest BCUT2D eigenvalue weighted by Crippen LogP contribution is -2.45. The molecule has 0 amide bonds. The Morgan fingerprint density at radius 3 is 2.67 bits per heavy atom. The molecule has 1 aliphatic heterocycles. The van der Waals surface area contributed by atoms with E-state index in [1.54, 1.807) is 6.92 Å². The van der Waals surface area contributed by atoms with Crippen LogP contribution in [0.5, 0.6) is 0 Å². The molecule has 0 aromatic heterocycles. The van der Waals surface area contributed by atoms with Crippen LogP contribution in [0.3, 0.4) is 0 Å². The lowest BCUT2D eigenvalue weighted by atomic mass is 9.92. The predicted molar refractivity (Wildman–Crippen MR) is 75.1 cm³/mol. The lowest BCUT2D eigenvalue weighted by Gasteiger charge is -2.33. The maximum atomic E-state index is 13.0. The number of hydrogen-bond donors (Lipinski definition) is 1. The van der Waals surface area contributed by atoms with Crippen molar-refractivity contribution in [2.24, 2.45) is 11.8 Å². The number of aliphatic carboxylic acids is 1. The highest BCUT2D eigenvalue weighted by atomic mass is 35.5. The van der Waals surface area contributed by atoms with Crippen molar-refractivity contribution in [2.75, 3.05) is 13.1 Å². The number of sulfonamides is 1. The SMILES string of the molecule is CC1CC(C(=O)O)CN(S(=O)(=O)c2ccc(F)cc2Cl)C1. The van der Waals surface area contributed by atoms with Crippen LogP contribution in [0.4, 0.5) is 4.39 Å². The van der Waals surface area contributed by atoms with E-state index in [4.69, 9.17) is 16.7 Å². The van der Waals surface area contributed by atoms with Crippen molar-refractivity contribution in [3.05, 3.63) is 29.0 Å². The van der Waals surface area contributed by atoms with Crippen LogP contribution in [0.15, 0.2) is 23.1 Å². The van der Waals surface area contributed by atoms with Gasteiger partial charge in [-0.25, -0.2) is 12.8 Å². The molecule has 1 aliphatic rings. The number of carboxylic acid groups (broad SMARTS) is 1. The standard InChI is InChI=1S/C13H15ClFNO4S/c1-8-4-9(13(17)18)7-16(6-8)21(19,20)12-3-2-10(15)5-11(12)14/h2-3,5,8-9H,4,6-7H2,1H3,(H,17,18). The quantitative estimate of drug-likeness (QED) is 0.919. The Hall–Kier alpha value is -1.18. The molecule has 1 aromatic carbocycles. The second kappa shape index (κ2) is 5.90. The second-order valence-electron chi connectivity index (χ2n) is 5.27. The van der Waals surface area contributed by atoms with Gasteiger partial charge in [-0.15, -0.1) is 0 Å². The average Bonchev–Trinajstić information content (AvgIpc) is 2.37. The summed E-state index contributed by atoms with van der Waals surface area (Å²) in [7, 11) is -3.94. The molecule has 0 aliphatic carbocycles. The summed E-state index contributed by atoms with van der Waals surface area (Å²) in [6.07, 6.45) is 0.429. The van der Waals surface area contributed by atoms with Gasteiger partial charge in [0.05, 0.1) is 10.9 Å². The van der Waals surface area contributed by atoms with Crippen LogP contribution in [-0.4, -0.2) is 36.9 Å². The first kappa shape index (κ1) is 16.2. The number of carbonyl (C=O) groups is 1. The molecule has 0 radical (unpaired) electrons. The number of benzene rings is 1. The zero-order valence-electron chi connectivity index (χ0n) is 11.3. The predicted octanol–water partition coefficient (Wildman–Crippen LogP) is 2.21. The van der Waals surface area contributed by atoms with E-state index in [0.717, 1.165) is 22.5 Å². The third kappa shape index (κ3) is 3.36. The fourth-order valence-corrected chi connectivity index (χ4v) is 4.61. The van der Waals surface area contributed by atoms with Gasteiger partial charge in [-0.1, -0.05) is 18.5 Å². The highest BCUT2D eigenvalue weighted by molar-refractivity contribution is 7.89. The largest absolute Gasteiger partial charge is 0.481 e. The Bertz CT molecular complexity index is 664. The summed E-state index contributed by atoms with van der Waals surface area (Å²) < 4.78 is 39.3. The van der Waals surface area contributed by atoms with Gasteiger partial charge in [-0.3, -0.25) is 4.79 Å². The maximum Gasteiger partial charge on any atom is 0.307 e. The van der Waals surface area contributed by atoms with E-state index in [-0.39, 0.29) is 28.9 Å². The second-order valence-corrected chi connectivity index (χ2v) is 7.59. The summed E-state index contributed by atoms with van der Waals surface area (Å²) in [5.74, 6) is -2.47. The molecule has 8 heteroatoms. The molecule has 0 spiro atoms. The average molecular weight is 336 g/mol. The Morgan fingerprint density at radius 1 is 1.43 bits per heavy atom. The summed E-state index contributed by atoms with van der Waals surface area (Å²) in [6, 6.07) is 3.04. The van der Waals surface area contributed by atoms with Gasteiger partial charge < -0.3 is 5.11 Å². The minimum atomic E-state index is -3.94. The van der Waals surface area contributed by atoms with Crippen molar-refractivity contribution >= 4 is 27.6 Å². The molecule has 1 heterocycles. The Balaban J connectivity index is 2.36. The molecule has 1 saturated heterocycles. The fraction of sp³-hybridized carbons (Fsp3) is 0.462. The summed E-state index contributed by atoms with van der Waals surface area (Å²) in [6.45, 7) is 1.92. The molecule has 1 fully saturated rings. The van der Waals surface area contributed by atoms with E-state index >= 15 is 0 Å². The minimum absolute atomic E-state index is 0.0751. The monoisotopic (exact) mass is 335 g/mol. The third-order valence-corrected chi connectivity index (χ3v) is 5.80. The van der Waals surface area contributed by atoms with Gasteiger partial charge in [0.25, 0.3) is 0 Å². The molecule has 21 heavy (non-hydrogen) atoms. The van der Waals surface area contributed by atoms with E-state index < -0.39 is 27.7 Å². The van der Waals surface area contributed by atoms with Gasteiger partial charge >= 0.3 is 5.97 Å². The van der Waals surface area contributed by atoms with Crippen molar-refractivity contribution in [1.29, 1.82) is 0 Å². The van der Waals surface area contributed by atoms with Gasteiger partial charge in [0, 0.05) is 13.1 Å². The van der Waals surface area contributed by atoms with Crippen LogP contribution in [0.2, 0.25) is 5.02 Å². The van der Waals surface area contributed by atoms with Crippen LogP contribution < -0.4 is 0 Å². The van der Waals surface area contributed by atoms with Crippen LogP contribution >= 0.6 is 11.6 Å². The third-order valence-electron chi connectivity index (χ3n) is 3.49. The molecule has 1 N–H and O–H groups in total. The Kier molecular flexibility index (Phi) is 4.55. The van der Waals surface area contributed by atoms with Gasteiger partial charge in [-0.05, 0) is 30.5 Å². The number of halogens is 2. The molecule has 2 unspecified atom stereocenters. The highest BCUT2D eigenvalue weighted by Gasteiger charge is 2.37. The Labute approximate surface area is 127 Å². The summed E-state index contributed by atoms with van der Waals surface area (Å²) >= 11 is 5.81. The lowest BCUT2D eigenvalue weighted by molar-refractivity contribution is -0.143. The number of rotatable bonds is 3. The topological polar surface area (TPSA) is 74.7 Å². The molecule has 116 valence electrons. The van der Waals surface area contributed by atoms with E-state index in [2.05, 4.69) is 0 Å². The van der Waals surface area contributed by atoms with Crippen LogP contribution in [0, 0.1) is 17.7 Å². The minimum Gasteiger partial charge on any atom is -0.481 e. The molecule has 2 atom stereocenters. The zero-order valence-corrected chi connectivity index (χ0v) is 12.9. The number of piperidine rings is 1. The fourth-order valence-electron chi connectivity index (χ4n) is 2.50. The molecular formula is C13H15ClFNO4S. The highest BCUT2D eigenvalue weighted by Crippen LogP contribution is 2.30. The van der Waals surface area contributed by atoms with Crippen LogP contribution in [0.25, 0.3) is 0 Å². The van der Waals surface area contributed by atoms with E-state index in [1.807, 2.05) is 0 Å². The number of nitrogens with zero attached hydrogens (tertiary/aromatic N) is 1. The van der Waals surface area contributed by atoms with Gasteiger partial charge in [0.1, 0.15) is 10.7 Å². The van der Waals surface area contributed by atoms with E-state index in [9.17, 15) is 17.6 Å². The zero-order chi connectivity index (χ0) is 15.8. The Morgan fingerprint density at radius 2 is 2.10 bits per heavy atom. The summed E-state index contributed by atoms with van der Waals surface area (Å²) in [5.41, 5.74) is 0. The van der Waals surface area contributed by atoms with Crippen LogP contribution in [0.1, 0.15) is 13.3 Å². The van der Waals surface area contributed by atoms with E-state index in [0.29, 0.717) is 6.42 Å². The number of carboxylic acids is 1. The summed E-state index contributed by atoms with van der Waals surface area (Å²) in [4.78, 5) is 10.9. The first-order valence-electron chi connectivity index (χ1n) is 6.40. The summed E-state index contributed by atoms with van der Waals surface area (Å²) in [5, 5.41) is 8.90. The molecule has 2 rings (SSSR count). The van der Waals surface area contributed by atoms with Gasteiger partial charge in [-0.2, -0.15) is 4.31 Å². The number of hydrogen-bond acceptors (Lipinski definition) is 3. The smallest absolute Gasteiger partial charge is 0.307 e. The molecular weight excluding hydrogens is 321 g/mol. The van der Waals surface area contributed by atoms with Crippen molar-refractivity contribution in [3.63, 3.8) is 0 Å². The van der Waals surface area contributed by atoms with Crippen molar-refractivity contribution in [3.8, 4) is 0 Å². The first-order chi connectivity index (χ1) is 9.71. The molecule has 1 aromatic rings. The maximum absolute atomic E-state index is 13.0. The van der Waals surface area contributed by atoms with Gasteiger partial charge in [0.15, 0.2) is 0 Å². The van der Waals surface area contributed by atoms with Crippen molar-refractivity contribution in [2.45, 2.75) is 18.2 Å². The van der Waals surface area contributed by atoms with Crippen molar-refractivity contribution < 1.29 is 22.7 Å². The van der Waals surface area contributed by atoms with Crippen LogP contribution in [-0.2, 0) is 14.8 Å². The molecule has 0 bridgehead atoms. The first-order valence-corrected chi connectivity index (χ1v) is 8.21.